The van der Waals surface area contributed by atoms with Gasteiger partial charge in [-0.2, -0.15) is 18.4 Å². The summed E-state index contributed by atoms with van der Waals surface area (Å²) in [6, 6.07) is 12.3. The monoisotopic (exact) mass is 463 g/mol. The number of anilines is 2. The number of hydrogen-bond donors (Lipinski definition) is 2. The Balaban J connectivity index is 1.74. The molecule has 0 bridgehead atoms. The van der Waals surface area contributed by atoms with Crippen LogP contribution in [0, 0.1) is 24.1 Å². The second-order valence-corrected chi connectivity index (χ2v) is 7.01. The third-order valence-electron chi connectivity index (χ3n) is 4.26. The van der Waals surface area contributed by atoms with Crippen molar-refractivity contribution in [2.75, 3.05) is 10.6 Å². The van der Waals surface area contributed by atoms with Gasteiger partial charge < -0.3 is 15.4 Å². The molecular formula is C22H14ClF4N3O2. The maximum absolute atomic E-state index is 13.8. The van der Waals surface area contributed by atoms with Crippen molar-refractivity contribution in [3.8, 4) is 17.6 Å². The third-order valence-corrected chi connectivity index (χ3v) is 4.59. The van der Waals surface area contributed by atoms with Crippen LogP contribution in [0.3, 0.4) is 0 Å². The van der Waals surface area contributed by atoms with E-state index >= 15 is 0 Å². The van der Waals surface area contributed by atoms with E-state index in [1.807, 2.05) is 0 Å². The number of amides is 2. The first-order valence-electron chi connectivity index (χ1n) is 8.99. The average Bonchev–Trinajstić information content (AvgIpc) is 2.71. The van der Waals surface area contributed by atoms with Crippen LogP contribution >= 0.6 is 11.6 Å². The molecule has 0 spiro atoms. The highest BCUT2D eigenvalue weighted by atomic mass is 35.5. The summed E-state index contributed by atoms with van der Waals surface area (Å²) in [5.41, 5.74) is -0.346. The van der Waals surface area contributed by atoms with Crippen LogP contribution in [0.2, 0.25) is 5.02 Å². The lowest BCUT2D eigenvalue weighted by Crippen LogP contribution is -2.20. The molecule has 3 rings (SSSR count). The molecule has 2 amide bonds. The zero-order valence-electron chi connectivity index (χ0n) is 16.3. The number of alkyl halides is 3. The first-order valence-corrected chi connectivity index (χ1v) is 9.37. The fraction of sp³-hybridized carbons (Fsp3) is 0.0909. The number of carbonyl (C=O) groups is 1. The highest BCUT2D eigenvalue weighted by Gasteiger charge is 2.33. The topological polar surface area (TPSA) is 74.2 Å². The lowest BCUT2D eigenvalue weighted by Gasteiger charge is -2.14. The molecule has 0 atom stereocenters. The van der Waals surface area contributed by atoms with Gasteiger partial charge in [-0.05, 0) is 48.9 Å². The SMILES string of the molecule is Cc1ccc(NC(=O)Nc2ccc(Cl)c(C(F)(F)F)c2)cc1Oc1ccc(C#N)c(F)c1. The van der Waals surface area contributed by atoms with E-state index in [-0.39, 0.29) is 22.7 Å². The van der Waals surface area contributed by atoms with Gasteiger partial charge in [-0.3, -0.25) is 0 Å². The average molecular weight is 464 g/mol. The van der Waals surface area contributed by atoms with Crippen LogP contribution in [0.15, 0.2) is 54.6 Å². The standard InChI is InChI=1S/C22H14ClF4N3O2/c1-12-2-4-15(9-20(12)32-16-6-3-13(11-28)19(24)10-16)30-21(31)29-14-5-7-18(23)17(8-14)22(25,26)27/h2-10H,1H3,(H2,29,30,31). The molecule has 0 radical (unpaired) electrons. The van der Waals surface area contributed by atoms with E-state index < -0.39 is 28.6 Å². The molecule has 10 heteroatoms. The predicted octanol–water partition coefficient (Wildman–Crippen LogP) is 7.11. The minimum atomic E-state index is -4.67. The van der Waals surface area contributed by atoms with E-state index in [0.29, 0.717) is 11.3 Å². The van der Waals surface area contributed by atoms with Crippen LogP contribution in [-0.2, 0) is 6.18 Å². The predicted molar refractivity (Wildman–Crippen MR) is 111 cm³/mol. The van der Waals surface area contributed by atoms with Gasteiger partial charge in [0.2, 0.25) is 0 Å². The molecule has 32 heavy (non-hydrogen) atoms. The second-order valence-electron chi connectivity index (χ2n) is 6.61. The number of carbonyl (C=O) groups excluding carboxylic acids is 1. The highest BCUT2D eigenvalue weighted by molar-refractivity contribution is 6.31. The summed E-state index contributed by atoms with van der Waals surface area (Å²) in [4.78, 5) is 12.2. The molecule has 3 aromatic rings. The van der Waals surface area contributed by atoms with E-state index in [9.17, 15) is 22.4 Å². The number of hydrogen-bond acceptors (Lipinski definition) is 3. The van der Waals surface area contributed by atoms with Crippen LogP contribution in [0.5, 0.6) is 11.5 Å². The number of rotatable bonds is 4. The van der Waals surface area contributed by atoms with Crippen molar-refractivity contribution < 1.29 is 27.1 Å². The van der Waals surface area contributed by atoms with E-state index in [0.717, 1.165) is 18.2 Å². The first kappa shape index (κ1) is 22.9. The lowest BCUT2D eigenvalue weighted by atomic mass is 10.2. The van der Waals surface area contributed by atoms with Gasteiger partial charge in [0, 0.05) is 23.5 Å². The van der Waals surface area contributed by atoms with Crippen molar-refractivity contribution in [1.82, 2.24) is 0 Å². The Kier molecular flexibility index (Phi) is 6.55. The molecule has 0 aliphatic heterocycles. The molecule has 2 N–H and O–H groups in total. The first-order chi connectivity index (χ1) is 15.1. The number of nitriles is 1. The fourth-order valence-corrected chi connectivity index (χ4v) is 2.90. The van der Waals surface area contributed by atoms with E-state index in [4.69, 9.17) is 21.6 Å². The molecule has 0 aliphatic rings. The summed E-state index contributed by atoms with van der Waals surface area (Å²) in [5.74, 6) is -0.290. The molecule has 3 aromatic carbocycles. The van der Waals surface area contributed by atoms with E-state index in [2.05, 4.69) is 10.6 Å². The van der Waals surface area contributed by atoms with Crippen molar-refractivity contribution in [3.63, 3.8) is 0 Å². The van der Waals surface area contributed by atoms with Gasteiger partial charge in [0.05, 0.1) is 16.1 Å². The Morgan fingerprint density at radius 1 is 1.03 bits per heavy atom. The van der Waals surface area contributed by atoms with Crippen molar-refractivity contribution in [1.29, 1.82) is 5.26 Å². The van der Waals surface area contributed by atoms with Gasteiger partial charge in [-0.25, -0.2) is 9.18 Å². The molecule has 0 aromatic heterocycles. The summed E-state index contributed by atoms with van der Waals surface area (Å²) in [5, 5.41) is 13.1. The van der Waals surface area contributed by atoms with Crippen molar-refractivity contribution in [3.05, 3.63) is 82.1 Å². The number of urea groups is 1. The normalized spacial score (nSPS) is 10.9. The van der Waals surface area contributed by atoms with Gasteiger partial charge in [-0.15, -0.1) is 0 Å². The van der Waals surface area contributed by atoms with Crippen molar-refractivity contribution >= 4 is 29.0 Å². The summed E-state index contributed by atoms with van der Waals surface area (Å²) < 4.78 is 58.4. The number of nitrogens with zero attached hydrogens (tertiary/aromatic N) is 1. The van der Waals surface area contributed by atoms with Crippen LogP contribution in [0.1, 0.15) is 16.7 Å². The summed E-state index contributed by atoms with van der Waals surface area (Å²) >= 11 is 5.57. The summed E-state index contributed by atoms with van der Waals surface area (Å²) in [7, 11) is 0. The molecule has 5 nitrogen and oxygen atoms in total. The third kappa shape index (κ3) is 5.47. The fourth-order valence-electron chi connectivity index (χ4n) is 2.68. The molecule has 0 aliphatic carbocycles. The Morgan fingerprint density at radius 2 is 1.69 bits per heavy atom. The lowest BCUT2D eigenvalue weighted by molar-refractivity contribution is -0.137. The Hall–Kier alpha value is -3.77. The number of benzene rings is 3. The van der Waals surface area contributed by atoms with E-state index in [1.165, 1.54) is 24.3 Å². The number of ether oxygens (including phenoxy) is 1. The van der Waals surface area contributed by atoms with Crippen LogP contribution < -0.4 is 15.4 Å². The minimum absolute atomic E-state index is 0.101. The largest absolute Gasteiger partial charge is 0.457 e. The van der Waals surface area contributed by atoms with Crippen LogP contribution in [0.25, 0.3) is 0 Å². The molecule has 0 unspecified atom stereocenters. The number of aryl methyl sites for hydroxylation is 1. The zero-order chi connectivity index (χ0) is 23.5. The van der Waals surface area contributed by atoms with Gasteiger partial charge >= 0.3 is 12.2 Å². The summed E-state index contributed by atoms with van der Waals surface area (Å²) in [6.45, 7) is 1.73. The Bertz CT molecular complexity index is 1220. The molecule has 164 valence electrons. The van der Waals surface area contributed by atoms with Gasteiger partial charge in [-0.1, -0.05) is 17.7 Å². The highest BCUT2D eigenvalue weighted by Crippen LogP contribution is 2.36. The quantitative estimate of drug-likeness (QED) is 0.405. The van der Waals surface area contributed by atoms with Crippen LogP contribution in [-0.4, -0.2) is 6.03 Å². The zero-order valence-corrected chi connectivity index (χ0v) is 17.1. The van der Waals surface area contributed by atoms with Crippen molar-refractivity contribution in [2.45, 2.75) is 13.1 Å². The Morgan fingerprint density at radius 3 is 2.31 bits per heavy atom. The smallest absolute Gasteiger partial charge is 0.417 e. The summed E-state index contributed by atoms with van der Waals surface area (Å²) in [6.07, 6.45) is -4.67. The molecule has 0 saturated heterocycles. The Labute approximate surface area is 185 Å². The molecular weight excluding hydrogens is 450 g/mol. The number of nitrogens with one attached hydrogen (secondary N) is 2. The van der Waals surface area contributed by atoms with E-state index in [1.54, 1.807) is 25.1 Å². The second kappa shape index (κ2) is 9.16. The van der Waals surface area contributed by atoms with Gasteiger partial charge in [0.1, 0.15) is 23.4 Å². The molecule has 0 saturated carbocycles. The van der Waals surface area contributed by atoms with Crippen LogP contribution in [0.4, 0.5) is 33.7 Å². The minimum Gasteiger partial charge on any atom is -0.457 e. The maximum Gasteiger partial charge on any atom is 0.417 e. The van der Waals surface area contributed by atoms with Gasteiger partial charge in [0.15, 0.2) is 0 Å². The number of halogens is 5. The molecule has 0 fully saturated rings. The maximum atomic E-state index is 13.8. The van der Waals surface area contributed by atoms with Gasteiger partial charge in [0.25, 0.3) is 0 Å². The van der Waals surface area contributed by atoms with Crippen molar-refractivity contribution in [2.24, 2.45) is 0 Å². The molecule has 0 heterocycles.